The van der Waals surface area contributed by atoms with E-state index in [4.69, 9.17) is 5.11 Å². The van der Waals surface area contributed by atoms with E-state index in [0.717, 1.165) is 36.8 Å². The van der Waals surface area contributed by atoms with Crippen molar-refractivity contribution in [2.45, 2.75) is 39.2 Å². The number of unbranched alkanes of at least 4 members (excludes halogenated alkanes) is 2. The van der Waals surface area contributed by atoms with Crippen LogP contribution in [0.4, 0.5) is 5.69 Å². The second-order valence-corrected chi connectivity index (χ2v) is 6.05. The minimum absolute atomic E-state index is 0.298. The summed E-state index contributed by atoms with van der Waals surface area (Å²) < 4.78 is 1.16. The molecule has 2 N–H and O–H groups in total. The van der Waals surface area contributed by atoms with Crippen LogP contribution < -0.4 is 10.2 Å². The summed E-state index contributed by atoms with van der Waals surface area (Å²) in [7, 11) is 2.12. The van der Waals surface area contributed by atoms with E-state index < -0.39 is 0 Å². The molecule has 0 aliphatic rings. The Morgan fingerprint density at radius 3 is 2.65 bits per heavy atom. The molecule has 0 saturated carbocycles. The largest absolute Gasteiger partial charge is 0.396 e. The van der Waals surface area contributed by atoms with Gasteiger partial charge in [-0.15, -0.1) is 0 Å². The first-order chi connectivity index (χ1) is 9.60. The third-order valence-electron chi connectivity index (χ3n) is 3.55. The highest BCUT2D eigenvalue weighted by molar-refractivity contribution is 9.10. The zero-order chi connectivity index (χ0) is 15.0. The third kappa shape index (κ3) is 5.43. The van der Waals surface area contributed by atoms with Crippen molar-refractivity contribution in [2.24, 2.45) is 0 Å². The van der Waals surface area contributed by atoms with Gasteiger partial charge in [0.15, 0.2) is 0 Å². The molecule has 114 valence electrons. The average molecular weight is 343 g/mol. The van der Waals surface area contributed by atoms with Crippen LogP contribution in [0.2, 0.25) is 0 Å². The van der Waals surface area contributed by atoms with Crippen LogP contribution in [0.25, 0.3) is 0 Å². The lowest BCUT2D eigenvalue weighted by atomic mass is 10.1. The van der Waals surface area contributed by atoms with Crippen molar-refractivity contribution >= 4 is 21.6 Å². The molecule has 1 unspecified atom stereocenters. The molecule has 0 fully saturated rings. The van der Waals surface area contributed by atoms with E-state index >= 15 is 0 Å². The van der Waals surface area contributed by atoms with E-state index in [0.29, 0.717) is 12.6 Å². The molecule has 4 heteroatoms. The van der Waals surface area contributed by atoms with Crippen molar-refractivity contribution in [3.05, 3.63) is 28.2 Å². The van der Waals surface area contributed by atoms with Gasteiger partial charge in [-0.05, 0) is 50.4 Å². The highest BCUT2D eigenvalue weighted by Gasteiger charge is 2.10. The van der Waals surface area contributed by atoms with E-state index in [1.54, 1.807) is 0 Å². The average Bonchev–Trinajstić information content (AvgIpc) is 2.43. The number of hydrogen-bond donors (Lipinski definition) is 2. The lowest BCUT2D eigenvalue weighted by Gasteiger charge is -2.22. The Labute approximate surface area is 131 Å². The van der Waals surface area contributed by atoms with Gasteiger partial charge in [0.05, 0.1) is 0 Å². The summed E-state index contributed by atoms with van der Waals surface area (Å²) in [6.07, 6.45) is 3.10. The summed E-state index contributed by atoms with van der Waals surface area (Å²) in [4.78, 5) is 2.27. The fraction of sp³-hybridized carbons (Fsp3) is 0.625. The van der Waals surface area contributed by atoms with Crippen LogP contribution in [0.15, 0.2) is 22.7 Å². The molecule has 0 heterocycles. The van der Waals surface area contributed by atoms with Crippen LogP contribution in [0.1, 0.15) is 44.7 Å². The first kappa shape index (κ1) is 17.5. The number of nitrogens with zero attached hydrogens (tertiary/aromatic N) is 1. The number of aliphatic hydroxyl groups excluding tert-OH is 1. The molecule has 0 radical (unpaired) electrons. The summed E-state index contributed by atoms with van der Waals surface area (Å²) in [6, 6.07) is 6.92. The molecular weight excluding hydrogens is 316 g/mol. The van der Waals surface area contributed by atoms with E-state index in [2.05, 4.69) is 65.2 Å². The number of anilines is 1. The van der Waals surface area contributed by atoms with Crippen molar-refractivity contribution in [1.29, 1.82) is 0 Å². The highest BCUT2D eigenvalue weighted by atomic mass is 79.9. The first-order valence-corrected chi connectivity index (χ1v) is 8.24. The molecule has 0 aromatic heterocycles. The molecule has 1 aromatic rings. The van der Waals surface area contributed by atoms with Crippen LogP contribution in [0, 0.1) is 0 Å². The molecule has 0 amide bonds. The van der Waals surface area contributed by atoms with Gasteiger partial charge in [0, 0.05) is 36.4 Å². The lowest BCUT2D eigenvalue weighted by molar-refractivity contribution is 0.283. The normalized spacial score (nSPS) is 12.4. The molecule has 0 aliphatic heterocycles. The maximum absolute atomic E-state index is 8.79. The smallest absolute Gasteiger partial charge is 0.0431 e. The molecule has 20 heavy (non-hydrogen) atoms. The molecule has 0 saturated heterocycles. The van der Waals surface area contributed by atoms with Gasteiger partial charge in [0.2, 0.25) is 0 Å². The van der Waals surface area contributed by atoms with Crippen LogP contribution in [-0.4, -0.2) is 31.9 Å². The Hall–Kier alpha value is -0.580. The minimum atomic E-state index is 0.298. The van der Waals surface area contributed by atoms with E-state index in [9.17, 15) is 0 Å². The van der Waals surface area contributed by atoms with Crippen molar-refractivity contribution in [2.75, 3.05) is 31.6 Å². The maximum atomic E-state index is 8.79. The Morgan fingerprint density at radius 2 is 2.05 bits per heavy atom. The number of benzene rings is 1. The Balaban J connectivity index is 2.61. The number of hydrogen-bond acceptors (Lipinski definition) is 3. The molecule has 1 rings (SSSR count). The number of halogens is 1. The van der Waals surface area contributed by atoms with Gasteiger partial charge >= 0.3 is 0 Å². The lowest BCUT2D eigenvalue weighted by Crippen LogP contribution is -2.20. The summed E-state index contributed by atoms with van der Waals surface area (Å²) in [6.45, 7) is 6.60. The summed E-state index contributed by atoms with van der Waals surface area (Å²) in [5.41, 5.74) is 2.53. The van der Waals surface area contributed by atoms with E-state index in [-0.39, 0.29) is 0 Å². The van der Waals surface area contributed by atoms with Gasteiger partial charge in [-0.25, -0.2) is 0 Å². The number of nitrogens with one attached hydrogen (secondary N) is 1. The predicted octanol–water partition coefficient (Wildman–Crippen LogP) is 3.72. The number of aliphatic hydroxyl groups is 1. The third-order valence-corrected chi connectivity index (χ3v) is 4.24. The Morgan fingerprint density at radius 1 is 1.30 bits per heavy atom. The number of rotatable bonds is 9. The standard InChI is InChI=1S/C16H27BrN2O/c1-4-18-13(2)15-9-8-14(12-16(15)17)19(3)10-6-5-7-11-20/h8-9,12-13,18,20H,4-7,10-11H2,1-3H3. The zero-order valence-electron chi connectivity index (χ0n) is 12.8. The van der Waals surface area contributed by atoms with Gasteiger partial charge in [0.1, 0.15) is 0 Å². The van der Waals surface area contributed by atoms with Crippen LogP contribution in [-0.2, 0) is 0 Å². The minimum Gasteiger partial charge on any atom is -0.396 e. The van der Waals surface area contributed by atoms with Crippen molar-refractivity contribution in [1.82, 2.24) is 5.32 Å². The van der Waals surface area contributed by atoms with Gasteiger partial charge in [0.25, 0.3) is 0 Å². The predicted molar refractivity (Wildman–Crippen MR) is 90.4 cm³/mol. The molecular formula is C16H27BrN2O. The molecule has 3 nitrogen and oxygen atoms in total. The zero-order valence-corrected chi connectivity index (χ0v) is 14.4. The molecule has 1 atom stereocenters. The molecule has 0 spiro atoms. The highest BCUT2D eigenvalue weighted by Crippen LogP contribution is 2.28. The molecule has 0 aliphatic carbocycles. The Bertz CT molecular complexity index is 398. The second-order valence-electron chi connectivity index (χ2n) is 5.19. The molecule has 0 bridgehead atoms. The van der Waals surface area contributed by atoms with E-state index in [1.807, 2.05) is 0 Å². The van der Waals surface area contributed by atoms with Crippen molar-refractivity contribution in [3.8, 4) is 0 Å². The van der Waals surface area contributed by atoms with Crippen LogP contribution in [0.3, 0.4) is 0 Å². The summed E-state index contributed by atoms with van der Waals surface area (Å²) in [5, 5.41) is 12.2. The topological polar surface area (TPSA) is 35.5 Å². The fourth-order valence-electron chi connectivity index (χ4n) is 2.29. The molecule has 1 aromatic carbocycles. The van der Waals surface area contributed by atoms with E-state index in [1.165, 1.54) is 11.3 Å². The summed E-state index contributed by atoms with van der Waals surface area (Å²) >= 11 is 3.68. The summed E-state index contributed by atoms with van der Waals surface area (Å²) in [5.74, 6) is 0. The van der Waals surface area contributed by atoms with Crippen LogP contribution in [0.5, 0.6) is 0 Å². The van der Waals surface area contributed by atoms with Crippen molar-refractivity contribution in [3.63, 3.8) is 0 Å². The van der Waals surface area contributed by atoms with Gasteiger partial charge in [-0.1, -0.05) is 28.9 Å². The first-order valence-electron chi connectivity index (χ1n) is 7.45. The maximum Gasteiger partial charge on any atom is 0.0431 e. The van der Waals surface area contributed by atoms with Gasteiger partial charge in [-0.3, -0.25) is 0 Å². The van der Waals surface area contributed by atoms with Crippen LogP contribution >= 0.6 is 15.9 Å². The second kappa shape index (κ2) is 9.37. The SMILES string of the molecule is CCNC(C)c1ccc(N(C)CCCCCO)cc1Br. The monoisotopic (exact) mass is 342 g/mol. The fourth-order valence-corrected chi connectivity index (χ4v) is 3.00. The van der Waals surface area contributed by atoms with Crippen molar-refractivity contribution < 1.29 is 5.11 Å². The Kier molecular flexibility index (Phi) is 8.19. The quantitative estimate of drug-likeness (QED) is 0.671. The van der Waals surface area contributed by atoms with Gasteiger partial charge < -0.3 is 15.3 Å². The van der Waals surface area contributed by atoms with Gasteiger partial charge in [-0.2, -0.15) is 0 Å².